The lowest BCUT2D eigenvalue weighted by atomic mass is 10.3. The predicted octanol–water partition coefficient (Wildman–Crippen LogP) is 3.93. The van der Waals surface area contributed by atoms with Crippen LogP contribution in [-0.4, -0.2) is 23.4 Å². The summed E-state index contributed by atoms with van der Waals surface area (Å²) in [6, 6.07) is 12.1. The molecule has 1 heterocycles. The first-order valence-electron chi connectivity index (χ1n) is 7.36. The third-order valence-electron chi connectivity index (χ3n) is 3.14. The number of aromatic nitrogens is 1. The Balaban J connectivity index is 1.62. The van der Waals surface area contributed by atoms with E-state index in [9.17, 15) is 9.59 Å². The Morgan fingerprint density at radius 1 is 1.16 bits per heavy atom. The molecule has 2 amide bonds. The number of carbonyl (C=O) groups is 2. The fourth-order valence-corrected chi connectivity index (χ4v) is 3.10. The van der Waals surface area contributed by atoms with Gasteiger partial charge in [-0.3, -0.25) is 9.59 Å². The molecule has 25 heavy (non-hydrogen) atoms. The van der Waals surface area contributed by atoms with E-state index in [1.165, 1.54) is 18.3 Å². The molecule has 0 spiro atoms. The smallest absolute Gasteiger partial charge is 0.262 e. The highest BCUT2D eigenvalue weighted by Gasteiger charge is 2.08. The third-order valence-corrected chi connectivity index (χ3v) is 4.34. The Morgan fingerprint density at radius 3 is 2.64 bits per heavy atom. The van der Waals surface area contributed by atoms with Gasteiger partial charge in [-0.25, -0.2) is 4.98 Å². The number of amides is 2. The van der Waals surface area contributed by atoms with Crippen LogP contribution >= 0.6 is 22.9 Å². The molecule has 6 nitrogen and oxygen atoms in total. The molecule has 0 aliphatic heterocycles. The summed E-state index contributed by atoms with van der Waals surface area (Å²) in [5.74, 6) is 0.105. The first-order valence-corrected chi connectivity index (χ1v) is 8.55. The summed E-state index contributed by atoms with van der Waals surface area (Å²) in [6.07, 6.45) is 0. The molecule has 128 valence electrons. The highest BCUT2D eigenvalue weighted by atomic mass is 35.5. The lowest BCUT2D eigenvalue weighted by Gasteiger charge is -2.07. The van der Waals surface area contributed by atoms with Gasteiger partial charge in [-0.2, -0.15) is 0 Å². The maximum Gasteiger partial charge on any atom is 0.262 e. The lowest BCUT2D eigenvalue weighted by molar-refractivity contribution is -0.118. The van der Waals surface area contributed by atoms with E-state index in [4.69, 9.17) is 16.3 Å². The molecule has 0 aliphatic rings. The van der Waals surface area contributed by atoms with E-state index in [2.05, 4.69) is 15.6 Å². The second kappa shape index (κ2) is 7.50. The molecule has 0 saturated carbocycles. The summed E-state index contributed by atoms with van der Waals surface area (Å²) in [5, 5.41) is 6.53. The zero-order chi connectivity index (χ0) is 17.8. The minimum atomic E-state index is -0.286. The number of halogens is 1. The van der Waals surface area contributed by atoms with Crippen molar-refractivity contribution in [1.82, 2.24) is 4.98 Å². The maximum absolute atomic E-state index is 12.0. The van der Waals surface area contributed by atoms with E-state index in [1.807, 2.05) is 6.07 Å². The van der Waals surface area contributed by atoms with E-state index in [-0.39, 0.29) is 18.4 Å². The van der Waals surface area contributed by atoms with Gasteiger partial charge in [-0.15, -0.1) is 0 Å². The average molecular weight is 376 g/mol. The van der Waals surface area contributed by atoms with Crippen LogP contribution in [0, 0.1) is 0 Å². The van der Waals surface area contributed by atoms with Crippen LogP contribution in [0.15, 0.2) is 42.5 Å². The molecular weight excluding hydrogens is 362 g/mol. The number of nitrogens with one attached hydrogen (secondary N) is 2. The third kappa shape index (κ3) is 4.68. The summed E-state index contributed by atoms with van der Waals surface area (Å²) in [6.45, 7) is 1.31. The molecule has 0 aliphatic carbocycles. The Labute approximate surface area is 152 Å². The standard InChI is InChI=1S/C17H14ClN3O3S/c1-10(22)19-17-21-14-8-12(4-7-15(14)25-17)20-16(23)9-24-13-5-2-11(18)3-6-13/h2-8H,9H2,1H3,(H,20,23)(H,19,21,22). The van der Waals surface area contributed by atoms with Crippen LogP contribution in [0.25, 0.3) is 10.2 Å². The van der Waals surface area contributed by atoms with E-state index in [0.29, 0.717) is 27.1 Å². The summed E-state index contributed by atoms with van der Waals surface area (Å²) in [5.41, 5.74) is 1.31. The predicted molar refractivity (Wildman–Crippen MR) is 99.5 cm³/mol. The molecule has 1 aromatic heterocycles. The minimum Gasteiger partial charge on any atom is -0.484 e. The molecular formula is C17H14ClN3O3S. The number of ether oxygens (including phenoxy) is 1. The number of thiazole rings is 1. The van der Waals surface area contributed by atoms with Crippen LogP contribution in [0.2, 0.25) is 5.02 Å². The molecule has 0 bridgehead atoms. The number of hydrogen-bond acceptors (Lipinski definition) is 5. The Kier molecular flexibility index (Phi) is 5.16. The largest absolute Gasteiger partial charge is 0.484 e. The molecule has 0 fully saturated rings. The van der Waals surface area contributed by atoms with E-state index >= 15 is 0 Å². The van der Waals surface area contributed by atoms with Gasteiger partial charge in [0.25, 0.3) is 5.91 Å². The first kappa shape index (κ1) is 17.2. The quantitative estimate of drug-likeness (QED) is 0.708. The molecule has 0 atom stereocenters. The summed E-state index contributed by atoms with van der Waals surface area (Å²) < 4.78 is 6.31. The highest BCUT2D eigenvalue weighted by molar-refractivity contribution is 7.22. The summed E-state index contributed by atoms with van der Waals surface area (Å²) in [7, 11) is 0. The van der Waals surface area contributed by atoms with Gasteiger partial charge in [0.1, 0.15) is 5.75 Å². The lowest BCUT2D eigenvalue weighted by Crippen LogP contribution is -2.20. The van der Waals surface area contributed by atoms with Crippen molar-refractivity contribution in [3.05, 3.63) is 47.5 Å². The van der Waals surface area contributed by atoms with Gasteiger partial charge in [0, 0.05) is 17.6 Å². The van der Waals surface area contributed by atoms with E-state index in [1.54, 1.807) is 36.4 Å². The maximum atomic E-state index is 12.0. The van der Waals surface area contributed by atoms with Gasteiger partial charge in [-0.1, -0.05) is 22.9 Å². The van der Waals surface area contributed by atoms with Crippen molar-refractivity contribution in [3.8, 4) is 5.75 Å². The van der Waals surface area contributed by atoms with Gasteiger partial charge in [-0.05, 0) is 42.5 Å². The number of hydrogen-bond donors (Lipinski definition) is 2. The number of nitrogens with zero attached hydrogens (tertiary/aromatic N) is 1. The molecule has 0 saturated heterocycles. The molecule has 2 N–H and O–H groups in total. The topological polar surface area (TPSA) is 80.3 Å². The van der Waals surface area contributed by atoms with Crippen molar-refractivity contribution in [2.24, 2.45) is 0 Å². The zero-order valence-electron chi connectivity index (χ0n) is 13.2. The van der Waals surface area contributed by atoms with Crippen molar-refractivity contribution < 1.29 is 14.3 Å². The second-order valence-corrected chi connectivity index (χ2v) is 6.64. The van der Waals surface area contributed by atoms with Gasteiger partial charge >= 0.3 is 0 Å². The Hall–Kier alpha value is -2.64. The SMILES string of the molecule is CC(=O)Nc1nc2cc(NC(=O)COc3ccc(Cl)cc3)ccc2s1. The molecule has 8 heteroatoms. The van der Waals surface area contributed by atoms with Crippen molar-refractivity contribution in [2.45, 2.75) is 6.92 Å². The van der Waals surface area contributed by atoms with Crippen LogP contribution < -0.4 is 15.4 Å². The van der Waals surface area contributed by atoms with Crippen molar-refractivity contribution in [1.29, 1.82) is 0 Å². The number of rotatable bonds is 5. The van der Waals surface area contributed by atoms with Crippen LogP contribution in [0.3, 0.4) is 0 Å². The van der Waals surface area contributed by atoms with Gasteiger partial charge < -0.3 is 15.4 Å². The Morgan fingerprint density at radius 2 is 1.92 bits per heavy atom. The van der Waals surface area contributed by atoms with Gasteiger partial charge in [0.15, 0.2) is 11.7 Å². The molecule has 3 rings (SSSR count). The van der Waals surface area contributed by atoms with Crippen LogP contribution in [0.1, 0.15) is 6.92 Å². The first-order chi connectivity index (χ1) is 12.0. The number of carbonyl (C=O) groups excluding carboxylic acids is 2. The fraction of sp³-hybridized carbons (Fsp3) is 0.118. The van der Waals surface area contributed by atoms with Crippen LogP contribution in [0.4, 0.5) is 10.8 Å². The normalized spacial score (nSPS) is 10.5. The van der Waals surface area contributed by atoms with Gasteiger partial charge in [0.05, 0.1) is 10.2 Å². The zero-order valence-corrected chi connectivity index (χ0v) is 14.8. The van der Waals surface area contributed by atoms with Crippen LogP contribution in [-0.2, 0) is 9.59 Å². The molecule has 2 aromatic carbocycles. The van der Waals surface area contributed by atoms with E-state index < -0.39 is 0 Å². The number of anilines is 2. The molecule has 0 radical (unpaired) electrons. The Bertz CT molecular complexity index is 925. The number of benzene rings is 2. The summed E-state index contributed by atoms with van der Waals surface area (Å²) in [4.78, 5) is 27.4. The molecule has 3 aromatic rings. The van der Waals surface area contributed by atoms with Gasteiger partial charge in [0.2, 0.25) is 5.91 Å². The van der Waals surface area contributed by atoms with Crippen molar-refractivity contribution in [3.63, 3.8) is 0 Å². The second-order valence-electron chi connectivity index (χ2n) is 5.17. The molecule has 0 unspecified atom stereocenters. The fourth-order valence-electron chi connectivity index (χ4n) is 2.09. The monoisotopic (exact) mass is 375 g/mol. The van der Waals surface area contributed by atoms with Crippen molar-refractivity contribution in [2.75, 3.05) is 17.2 Å². The van der Waals surface area contributed by atoms with Crippen molar-refractivity contribution >= 4 is 55.8 Å². The van der Waals surface area contributed by atoms with Crippen LogP contribution in [0.5, 0.6) is 5.75 Å². The minimum absolute atomic E-state index is 0.117. The highest BCUT2D eigenvalue weighted by Crippen LogP contribution is 2.28. The van der Waals surface area contributed by atoms with E-state index in [0.717, 1.165) is 4.70 Å². The summed E-state index contributed by atoms with van der Waals surface area (Å²) >= 11 is 7.17. The number of fused-ring (bicyclic) bond motifs is 1. The average Bonchev–Trinajstić information content (AvgIpc) is 2.95.